The molecule has 5 heterocycles. The molecule has 2 N–H and O–H groups in total. The van der Waals surface area contributed by atoms with Gasteiger partial charge in [-0.2, -0.15) is 4.98 Å². The van der Waals surface area contributed by atoms with Crippen LogP contribution in [0.4, 0.5) is 21.8 Å². The first-order valence-electron chi connectivity index (χ1n) is 14.3. The number of nitrogens with zero attached hydrogens (tertiary/aromatic N) is 6. The number of alkyl halides is 1. The first-order valence-corrected chi connectivity index (χ1v) is 14.3. The van der Waals surface area contributed by atoms with Crippen molar-refractivity contribution in [3.8, 4) is 0 Å². The monoisotopic (exact) mass is 548 g/mol. The Hall–Kier alpha value is -3.44. The first-order chi connectivity index (χ1) is 19.3. The third-order valence-corrected chi connectivity index (χ3v) is 8.67. The van der Waals surface area contributed by atoms with Gasteiger partial charge >= 0.3 is 0 Å². The molecular weight excluding hydrogens is 511 g/mol. The topological polar surface area (TPSA) is 108 Å². The lowest BCUT2D eigenvalue weighted by Crippen LogP contribution is -2.51. The van der Waals surface area contributed by atoms with Crippen LogP contribution in [0.2, 0.25) is 0 Å². The highest BCUT2D eigenvalue weighted by atomic mass is 19.1. The third kappa shape index (κ3) is 5.19. The van der Waals surface area contributed by atoms with E-state index in [1.807, 2.05) is 18.3 Å². The lowest BCUT2D eigenvalue weighted by molar-refractivity contribution is 0.101. The van der Waals surface area contributed by atoms with E-state index in [2.05, 4.69) is 30.4 Å². The summed E-state index contributed by atoms with van der Waals surface area (Å²) in [5.74, 6) is 0.715. The fraction of sp³-hybridized carbons (Fsp3) is 0.552. The van der Waals surface area contributed by atoms with E-state index in [-0.39, 0.29) is 22.9 Å². The molecule has 11 heteroatoms. The zero-order valence-electron chi connectivity index (χ0n) is 23.2. The van der Waals surface area contributed by atoms with Crippen molar-refractivity contribution in [2.75, 3.05) is 56.0 Å². The van der Waals surface area contributed by atoms with Gasteiger partial charge in [0.2, 0.25) is 5.95 Å². The Morgan fingerprint density at radius 1 is 1.15 bits per heavy atom. The van der Waals surface area contributed by atoms with Crippen molar-refractivity contribution in [3.05, 3.63) is 46.0 Å². The number of fused-ring (bicyclic) bond motifs is 1. The van der Waals surface area contributed by atoms with Crippen molar-refractivity contribution >= 4 is 34.3 Å². The van der Waals surface area contributed by atoms with Gasteiger partial charge in [-0.15, -0.1) is 0 Å². The molecule has 1 unspecified atom stereocenters. The Morgan fingerprint density at radius 3 is 2.58 bits per heavy atom. The van der Waals surface area contributed by atoms with Crippen LogP contribution in [-0.2, 0) is 0 Å². The van der Waals surface area contributed by atoms with Crippen LogP contribution < -0.4 is 21.1 Å². The lowest BCUT2D eigenvalue weighted by atomic mass is 10.0. The molecule has 1 aliphatic carbocycles. The number of nitrogens with one attached hydrogen (secondary N) is 2. The quantitative estimate of drug-likeness (QED) is 0.430. The van der Waals surface area contributed by atoms with Gasteiger partial charge in [0.1, 0.15) is 17.1 Å². The molecule has 10 nitrogen and oxygen atoms in total. The Kier molecular flexibility index (Phi) is 7.26. The SMILES string of the molecule is CC(=O)c1c(C)c2cnc(Nc3ccc(N4CCN(CC5(F)CCNC5)CC4)cn3)nc2n(C2CCCC2)c1=O. The summed E-state index contributed by atoms with van der Waals surface area (Å²) < 4.78 is 16.6. The molecule has 1 atom stereocenters. The number of piperazine rings is 1. The predicted molar refractivity (Wildman–Crippen MR) is 154 cm³/mol. The summed E-state index contributed by atoms with van der Waals surface area (Å²) >= 11 is 0. The second-order valence-corrected chi connectivity index (χ2v) is 11.5. The molecule has 3 aliphatic rings. The van der Waals surface area contributed by atoms with E-state index in [0.29, 0.717) is 47.9 Å². The maximum atomic E-state index is 14.8. The second-order valence-electron chi connectivity index (χ2n) is 11.5. The van der Waals surface area contributed by atoms with Gasteiger partial charge in [0.05, 0.1) is 17.4 Å². The number of pyridine rings is 2. The minimum Gasteiger partial charge on any atom is -0.368 e. The molecule has 0 bridgehead atoms. The van der Waals surface area contributed by atoms with Crippen molar-refractivity contribution in [2.24, 2.45) is 0 Å². The van der Waals surface area contributed by atoms with Crippen molar-refractivity contribution in [1.29, 1.82) is 0 Å². The molecule has 0 aromatic carbocycles. The Labute approximate surface area is 233 Å². The molecule has 1 saturated carbocycles. The van der Waals surface area contributed by atoms with Crippen LogP contribution in [0.3, 0.4) is 0 Å². The van der Waals surface area contributed by atoms with Crippen LogP contribution in [0.25, 0.3) is 11.0 Å². The van der Waals surface area contributed by atoms with E-state index >= 15 is 0 Å². The summed E-state index contributed by atoms with van der Waals surface area (Å²) in [4.78, 5) is 44.1. The van der Waals surface area contributed by atoms with E-state index in [1.54, 1.807) is 17.7 Å². The number of hydrogen-bond acceptors (Lipinski definition) is 9. The standard InChI is InChI=1S/C29H37FN8O2/c1-19-23-16-33-28(35-26(23)38(21-5-3-4-6-21)27(40)25(19)20(2)39)34-24-8-7-22(15-32-24)37-13-11-36(12-14-37)18-29(30)9-10-31-17-29/h7-8,15-16,21,31H,3-6,9-14,17-18H2,1-2H3,(H,32,33,34,35). The number of carbonyl (C=O) groups is 1. The van der Waals surface area contributed by atoms with Crippen molar-refractivity contribution in [2.45, 2.75) is 57.7 Å². The Bertz CT molecular complexity index is 1450. The average Bonchev–Trinajstić information content (AvgIpc) is 3.62. The summed E-state index contributed by atoms with van der Waals surface area (Å²) in [6, 6.07) is 3.94. The van der Waals surface area contributed by atoms with Crippen LogP contribution in [-0.4, -0.2) is 81.7 Å². The molecule has 3 fully saturated rings. The minimum atomic E-state index is -1.11. The zero-order chi connectivity index (χ0) is 27.9. The molecule has 2 aliphatic heterocycles. The summed E-state index contributed by atoms with van der Waals surface area (Å²) in [7, 11) is 0. The summed E-state index contributed by atoms with van der Waals surface area (Å²) in [5.41, 5.74) is 1.04. The Morgan fingerprint density at radius 2 is 1.93 bits per heavy atom. The highest BCUT2D eigenvalue weighted by molar-refractivity contribution is 5.99. The van der Waals surface area contributed by atoms with Crippen molar-refractivity contribution in [3.63, 3.8) is 0 Å². The van der Waals surface area contributed by atoms with E-state index in [0.717, 1.165) is 64.1 Å². The van der Waals surface area contributed by atoms with Crippen molar-refractivity contribution in [1.82, 2.24) is 29.7 Å². The lowest BCUT2D eigenvalue weighted by Gasteiger charge is -2.38. The van der Waals surface area contributed by atoms with E-state index < -0.39 is 5.67 Å². The third-order valence-electron chi connectivity index (χ3n) is 8.67. The molecule has 0 spiro atoms. The molecule has 3 aromatic rings. The van der Waals surface area contributed by atoms with Crippen LogP contribution >= 0.6 is 0 Å². The number of ketones is 1. The number of aromatic nitrogens is 4. The maximum Gasteiger partial charge on any atom is 0.263 e. The fourth-order valence-electron chi connectivity index (χ4n) is 6.48. The smallest absolute Gasteiger partial charge is 0.263 e. The van der Waals surface area contributed by atoms with Crippen LogP contribution in [0.5, 0.6) is 0 Å². The van der Waals surface area contributed by atoms with Gasteiger partial charge < -0.3 is 15.5 Å². The summed E-state index contributed by atoms with van der Waals surface area (Å²) in [6.07, 6.45) is 8.00. The molecular formula is C29H37FN8O2. The van der Waals surface area contributed by atoms with Crippen LogP contribution in [0.1, 0.15) is 61.0 Å². The van der Waals surface area contributed by atoms with Gasteiger partial charge in [0.15, 0.2) is 5.78 Å². The molecule has 212 valence electrons. The molecule has 0 amide bonds. The van der Waals surface area contributed by atoms with Gasteiger partial charge in [-0.3, -0.25) is 19.1 Å². The van der Waals surface area contributed by atoms with Crippen molar-refractivity contribution < 1.29 is 9.18 Å². The number of hydrogen-bond donors (Lipinski definition) is 2. The normalized spacial score (nSPS) is 22.3. The van der Waals surface area contributed by atoms with Crippen LogP contribution in [0.15, 0.2) is 29.3 Å². The number of aryl methyl sites for hydroxylation is 1. The van der Waals surface area contributed by atoms with Gasteiger partial charge in [0, 0.05) is 56.9 Å². The summed E-state index contributed by atoms with van der Waals surface area (Å²) in [6.45, 7) is 8.22. The highest BCUT2D eigenvalue weighted by Gasteiger charge is 2.36. The zero-order valence-corrected chi connectivity index (χ0v) is 23.2. The second kappa shape index (κ2) is 10.9. The maximum absolute atomic E-state index is 14.8. The average molecular weight is 549 g/mol. The number of Topliss-reactive ketones (excluding diaryl/α,β-unsaturated/α-hetero) is 1. The largest absolute Gasteiger partial charge is 0.368 e. The predicted octanol–water partition coefficient (Wildman–Crippen LogP) is 3.38. The molecule has 0 radical (unpaired) electrons. The highest BCUT2D eigenvalue weighted by Crippen LogP contribution is 2.32. The van der Waals surface area contributed by atoms with E-state index in [4.69, 9.17) is 4.98 Å². The number of halogens is 1. The first kappa shape index (κ1) is 26.8. The summed E-state index contributed by atoms with van der Waals surface area (Å²) in [5, 5.41) is 7.03. The van der Waals surface area contributed by atoms with Gasteiger partial charge in [-0.1, -0.05) is 12.8 Å². The molecule has 2 saturated heterocycles. The van der Waals surface area contributed by atoms with E-state index in [1.165, 1.54) is 6.92 Å². The van der Waals surface area contributed by atoms with E-state index in [9.17, 15) is 14.0 Å². The van der Waals surface area contributed by atoms with Gasteiger partial charge in [-0.05, 0) is 57.4 Å². The fourth-order valence-corrected chi connectivity index (χ4v) is 6.48. The van der Waals surface area contributed by atoms with Crippen LogP contribution in [0, 0.1) is 6.92 Å². The molecule has 3 aromatic heterocycles. The number of carbonyl (C=O) groups excluding carboxylic acids is 1. The van der Waals surface area contributed by atoms with Gasteiger partial charge in [-0.25, -0.2) is 14.4 Å². The number of anilines is 3. The minimum absolute atomic E-state index is 0.0274. The number of rotatable bonds is 7. The Balaban J connectivity index is 1.18. The molecule has 6 rings (SSSR count). The molecule has 40 heavy (non-hydrogen) atoms. The van der Waals surface area contributed by atoms with Gasteiger partial charge in [0.25, 0.3) is 5.56 Å².